The van der Waals surface area contributed by atoms with Gasteiger partial charge in [0.25, 0.3) is 5.91 Å². The van der Waals surface area contributed by atoms with Gasteiger partial charge in [-0.2, -0.15) is 0 Å². The van der Waals surface area contributed by atoms with Gasteiger partial charge in [0.15, 0.2) is 6.61 Å². The summed E-state index contributed by atoms with van der Waals surface area (Å²) in [6.45, 7) is 9.51. The van der Waals surface area contributed by atoms with Crippen molar-refractivity contribution in [2.24, 2.45) is 0 Å². The molecule has 1 N–H and O–H groups in total. The molecule has 0 unspecified atom stereocenters. The third-order valence-corrected chi connectivity index (χ3v) is 5.94. The zero-order valence-corrected chi connectivity index (χ0v) is 19.8. The molecule has 0 radical (unpaired) electrons. The second-order valence-electron chi connectivity index (χ2n) is 8.69. The van der Waals surface area contributed by atoms with Crippen LogP contribution in [0.25, 0.3) is 11.0 Å². The first-order valence-corrected chi connectivity index (χ1v) is 11.4. The maximum Gasteiger partial charge on any atom is 0.257 e. The highest BCUT2D eigenvalue weighted by molar-refractivity contribution is 5.78. The van der Waals surface area contributed by atoms with Gasteiger partial charge in [-0.1, -0.05) is 48.0 Å². The van der Waals surface area contributed by atoms with E-state index in [1.54, 1.807) is 0 Å². The molecule has 1 amide bonds. The lowest BCUT2D eigenvalue weighted by molar-refractivity contribution is -0.123. The lowest BCUT2D eigenvalue weighted by atomic mass is 10.1. The zero-order chi connectivity index (χ0) is 23.4. The molecule has 1 heterocycles. The first kappa shape index (κ1) is 22.6. The van der Waals surface area contributed by atoms with Crippen molar-refractivity contribution in [3.8, 4) is 5.75 Å². The lowest BCUT2D eigenvalue weighted by Gasteiger charge is -2.13. The Morgan fingerprint density at radius 1 is 0.939 bits per heavy atom. The Balaban J connectivity index is 1.43. The SMILES string of the molecule is Cc1ccc(C)c(Cn2c(CCNC(=O)COc3cc(C)ccc3C)nc3ccccc32)c1. The number of hydrogen-bond donors (Lipinski definition) is 1. The minimum atomic E-state index is -0.131. The van der Waals surface area contributed by atoms with Crippen molar-refractivity contribution in [2.75, 3.05) is 13.2 Å². The quantitative estimate of drug-likeness (QED) is 0.416. The van der Waals surface area contributed by atoms with Gasteiger partial charge in [-0.3, -0.25) is 4.79 Å². The molecule has 0 atom stereocenters. The molecule has 5 heteroatoms. The van der Waals surface area contributed by atoms with Crippen molar-refractivity contribution < 1.29 is 9.53 Å². The van der Waals surface area contributed by atoms with Gasteiger partial charge in [0.2, 0.25) is 0 Å². The number of aromatic nitrogens is 2. The summed E-state index contributed by atoms with van der Waals surface area (Å²) in [6.07, 6.45) is 0.648. The minimum absolute atomic E-state index is 0.00317. The molecule has 0 bridgehead atoms. The predicted molar refractivity (Wildman–Crippen MR) is 133 cm³/mol. The highest BCUT2D eigenvalue weighted by Gasteiger charge is 2.13. The van der Waals surface area contributed by atoms with E-state index >= 15 is 0 Å². The summed E-state index contributed by atoms with van der Waals surface area (Å²) in [7, 11) is 0. The predicted octanol–water partition coefficient (Wildman–Crippen LogP) is 5.06. The summed E-state index contributed by atoms with van der Waals surface area (Å²) in [5.41, 5.74) is 8.01. The number of rotatable bonds is 8. The smallest absolute Gasteiger partial charge is 0.257 e. The van der Waals surface area contributed by atoms with Crippen molar-refractivity contribution >= 4 is 16.9 Å². The van der Waals surface area contributed by atoms with Gasteiger partial charge in [-0.25, -0.2) is 4.98 Å². The number of carbonyl (C=O) groups is 1. The van der Waals surface area contributed by atoms with E-state index in [-0.39, 0.29) is 12.5 Å². The van der Waals surface area contributed by atoms with Crippen molar-refractivity contribution in [1.82, 2.24) is 14.9 Å². The van der Waals surface area contributed by atoms with Gasteiger partial charge in [0.1, 0.15) is 11.6 Å². The molecule has 5 nitrogen and oxygen atoms in total. The molecule has 0 saturated heterocycles. The normalized spacial score (nSPS) is 11.0. The van der Waals surface area contributed by atoms with Crippen molar-refractivity contribution in [3.05, 3.63) is 94.3 Å². The largest absolute Gasteiger partial charge is 0.483 e. The molecule has 3 aromatic carbocycles. The van der Waals surface area contributed by atoms with Crippen LogP contribution >= 0.6 is 0 Å². The van der Waals surface area contributed by atoms with Gasteiger partial charge in [0.05, 0.1) is 11.0 Å². The molecular weight excluding hydrogens is 410 g/mol. The molecule has 0 aliphatic carbocycles. The van der Waals surface area contributed by atoms with Gasteiger partial charge < -0.3 is 14.6 Å². The summed E-state index contributed by atoms with van der Waals surface area (Å²) < 4.78 is 7.98. The summed E-state index contributed by atoms with van der Waals surface area (Å²) in [6, 6.07) is 20.7. The number of carbonyl (C=O) groups excluding carboxylic acids is 1. The monoisotopic (exact) mass is 441 g/mol. The first-order chi connectivity index (χ1) is 15.9. The fourth-order valence-electron chi connectivity index (χ4n) is 4.00. The van der Waals surface area contributed by atoms with Gasteiger partial charge >= 0.3 is 0 Å². The van der Waals surface area contributed by atoms with Crippen LogP contribution in [0.4, 0.5) is 0 Å². The van der Waals surface area contributed by atoms with Crippen LogP contribution in [0.2, 0.25) is 0 Å². The van der Waals surface area contributed by atoms with Gasteiger partial charge in [0, 0.05) is 19.5 Å². The Labute approximate surface area is 195 Å². The first-order valence-electron chi connectivity index (χ1n) is 11.4. The number of nitrogens with zero attached hydrogens (tertiary/aromatic N) is 2. The number of aryl methyl sites for hydroxylation is 4. The number of amides is 1. The van der Waals surface area contributed by atoms with Crippen LogP contribution in [0.1, 0.15) is 33.6 Å². The maximum absolute atomic E-state index is 12.4. The average molecular weight is 442 g/mol. The Kier molecular flexibility index (Phi) is 6.78. The number of fused-ring (bicyclic) bond motifs is 1. The molecule has 33 heavy (non-hydrogen) atoms. The van der Waals surface area contributed by atoms with E-state index in [9.17, 15) is 4.79 Å². The van der Waals surface area contributed by atoms with Crippen molar-refractivity contribution in [3.63, 3.8) is 0 Å². The molecule has 0 fully saturated rings. The van der Waals surface area contributed by atoms with E-state index in [0.29, 0.717) is 13.0 Å². The fourth-order valence-corrected chi connectivity index (χ4v) is 4.00. The van der Waals surface area contributed by atoms with Crippen molar-refractivity contribution in [1.29, 1.82) is 0 Å². The Hall–Kier alpha value is -3.60. The van der Waals surface area contributed by atoms with E-state index in [4.69, 9.17) is 9.72 Å². The number of hydrogen-bond acceptors (Lipinski definition) is 3. The summed E-state index contributed by atoms with van der Waals surface area (Å²) in [5, 5.41) is 2.97. The second kappa shape index (κ2) is 9.90. The number of benzene rings is 3. The lowest BCUT2D eigenvalue weighted by Crippen LogP contribution is -2.31. The van der Waals surface area contributed by atoms with E-state index in [0.717, 1.165) is 40.3 Å². The van der Waals surface area contributed by atoms with E-state index in [1.807, 2.05) is 50.2 Å². The molecule has 0 aliphatic heterocycles. The minimum Gasteiger partial charge on any atom is -0.483 e. The maximum atomic E-state index is 12.4. The Morgan fingerprint density at radius 2 is 1.67 bits per heavy atom. The molecule has 4 aromatic rings. The molecule has 170 valence electrons. The van der Waals surface area contributed by atoms with Crippen LogP contribution < -0.4 is 10.1 Å². The number of imidazole rings is 1. The fraction of sp³-hybridized carbons (Fsp3) is 0.286. The van der Waals surface area contributed by atoms with Crippen LogP contribution in [-0.4, -0.2) is 28.6 Å². The Bertz CT molecular complexity index is 1290. The van der Waals surface area contributed by atoms with Crippen LogP contribution in [0, 0.1) is 27.7 Å². The highest BCUT2D eigenvalue weighted by Crippen LogP contribution is 2.21. The van der Waals surface area contributed by atoms with Crippen LogP contribution in [0.15, 0.2) is 60.7 Å². The van der Waals surface area contributed by atoms with Crippen molar-refractivity contribution in [2.45, 2.75) is 40.7 Å². The number of para-hydroxylation sites is 2. The highest BCUT2D eigenvalue weighted by atomic mass is 16.5. The van der Waals surface area contributed by atoms with Crippen LogP contribution in [-0.2, 0) is 17.8 Å². The van der Waals surface area contributed by atoms with Crippen LogP contribution in [0.3, 0.4) is 0 Å². The van der Waals surface area contributed by atoms with E-state index in [1.165, 1.54) is 16.7 Å². The molecular formula is C28H31N3O2. The second-order valence-corrected chi connectivity index (χ2v) is 8.69. The zero-order valence-electron chi connectivity index (χ0n) is 19.8. The Morgan fingerprint density at radius 3 is 2.48 bits per heavy atom. The van der Waals surface area contributed by atoms with Crippen LogP contribution in [0.5, 0.6) is 5.75 Å². The average Bonchev–Trinajstić information content (AvgIpc) is 3.14. The molecule has 0 aliphatic rings. The third kappa shape index (κ3) is 5.43. The summed E-state index contributed by atoms with van der Waals surface area (Å²) in [5.74, 6) is 1.58. The molecule has 4 rings (SSSR count). The van der Waals surface area contributed by atoms with Gasteiger partial charge in [-0.15, -0.1) is 0 Å². The number of ether oxygens (including phenoxy) is 1. The standard InChI is InChI=1S/C28H31N3O2/c1-19-9-11-21(3)23(15-19)17-31-25-8-6-5-7-24(25)30-27(31)13-14-29-28(32)18-33-26-16-20(2)10-12-22(26)4/h5-12,15-16H,13-14,17-18H2,1-4H3,(H,29,32). The topological polar surface area (TPSA) is 56.2 Å². The van der Waals surface area contributed by atoms with Gasteiger partial charge in [-0.05, 0) is 68.1 Å². The molecule has 1 aromatic heterocycles. The summed E-state index contributed by atoms with van der Waals surface area (Å²) >= 11 is 0. The number of nitrogens with one attached hydrogen (secondary N) is 1. The van der Waals surface area contributed by atoms with E-state index in [2.05, 4.69) is 48.0 Å². The van der Waals surface area contributed by atoms with E-state index < -0.39 is 0 Å². The molecule has 0 saturated carbocycles. The molecule has 0 spiro atoms. The third-order valence-electron chi connectivity index (χ3n) is 5.94. The summed E-state index contributed by atoms with van der Waals surface area (Å²) in [4.78, 5) is 17.2.